The molecule has 4 rings (SSSR count). The zero-order valence-electron chi connectivity index (χ0n) is 15.5. The number of nitrogens with zero attached hydrogens (tertiary/aromatic N) is 1. The molecule has 1 aromatic rings. The number of amides is 1. The van der Waals surface area contributed by atoms with Gasteiger partial charge in [0.15, 0.2) is 9.84 Å². The zero-order chi connectivity index (χ0) is 18.9. The average molecular weight is 393 g/mol. The Kier molecular flexibility index (Phi) is 5.53. The fourth-order valence-corrected chi connectivity index (χ4v) is 6.99. The molecule has 27 heavy (non-hydrogen) atoms. The van der Waals surface area contributed by atoms with Crippen LogP contribution < -0.4 is 5.32 Å². The van der Waals surface area contributed by atoms with Crippen LogP contribution in [0.2, 0.25) is 0 Å². The molecule has 1 N–H and O–H groups in total. The predicted octanol–water partition coefficient (Wildman–Crippen LogP) is 0.869. The number of carbonyl (C=O) groups excluding carboxylic acids is 1. The van der Waals surface area contributed by atoms with E-state index < -0.39 is 9.84 Å². The Morgan fingerprint density at radius 2 is 1.89 bits per heavy atom. The molecule has 1 amide bonds. The van der Waals surface area contributed by atoms with Gasteiger partial charge in [0.05, 0.1) is 11.0 Å². The van der Waals surface area contributed by atoms with Crippen molar-refractivity contribution in [3.05, 3.63) is 35.9 Å². The molecule has 7 heteroatoms. The highest BCUT2D eigenvalue weighted by Crippen LogP contribution is 2.34. The lowest BCUT2D eigenvalue weighted by molar-refractivity contribution is -0.128. The van der Waals surface area contributed by atoms with Gasteiger partial charge in [0.2, 0.25) is 5.91 Å². The molecule has 1 aromatic carbocycles. The first-order valence-corrected chi connectivity index (χ1v) is 11.6. The number of sulfone groups is 1. The Labute approximate surface area is 161 Å². The molecule has 3 saturated heterocycles. The van der Waals surface area contributed by atoms with E-state index in [1.54, 1.807) is 0 Å². The standard InChI is InChI=1S/C20H28N2O4S/c23-20(16-7-10-26-11-8-16)21-18-14-27(24,25)19-13-22(12-17(18)19)9-6-15-4-2-1-3-5-15/h1-5,16-19H,6-14H2,(H,21,23)/t17-,18+,19-/m0/s1. The second kappa shape index (κ2) is 7.89. The van der Waals surface area contributed by atoms with Crippen molar-refractivity contribution in [3.8, 4) is 0 Å². The van der Waals surface area contributed by atoms with Gasteiger partial charge in [-0.2, -0.15) is 0 Å². The highest BCUT2D eigenvalue weighted by atomic mass is 32.2. The molecule has 3 heterocycles. The summed E-state index contributed by atoms with van der Waals surface area (Å²) in [7, 11) is -3.15. The van der Waals surface area contributed by atoms with Crippen LogP contribution in [0.15, 0.2) is 30.3 Å². The van der Waals surface area contributed by atoms with E-state index in [2.05, 4.69) is 22.3 Å². The first-order chi connectivity index (χ1) is 13.0. The van der Waals surface area contributed by atoms with Gasteiger partial charge in [-0.25, -0.2) is 8.42 Å². The van der Waals surface area contributed by atoms with E-state index >= 15 is 0 Å². The highest BCUT2D eigenvalue weighted by molar-refractivity contribution is 7.92. The first-order valence-electron chi connectivity index (χ1n) is 9.89. The Morgan fingerprint density at radius 1 is 1.15 bits per heavy atom. The van der Waals surface area contributed by atoms with Gasteiger partial charge in [-0.15, -0.1) is 0 Å². The average Bonchev–Trinajstić information content (AvgIpc) is 3.21. The molecule has 0 saturated carbocycles. The number of nitrogens with one attached hydrogen (secondary N) is 1. The molecule has 0 aliphatic carbocycles. The van der Waals surface area contributed by atoms with Gasteiger partial charge in [-0.1, -0.05) is 30.3 Å². The summed E-state index contributed by atoms with van der Waals surface area (Å²) in [5, 5.41) is 2.73. The van der Waals surface area contributed by atoms with Gasteiger partial charge in [0.1, 0.15) is 0 Å². The molecule has 3 aliphatic heterocycles. The van der Waals surface area contributed by atoms with E-state index in [1.165, 1.54) is 5.56 Å². The highest BCUT2D eigenvalue weighted by Gasteiger charge is 2.52. The Hall–Kier alpha value is -1.44. The number of ether oxygens (including phenoxy) is 1. The molecular weight excluding hydrogens is 364 g/mol. The first kappa shape index (κ1) is 18.9. The van der Waals surface area contributed by atoms with Crippen molar-refractivity contribution in [1.82, 2.24) is 10.2 Å². The van der Waals surface area contributed by atoms with E-state index in [1.807, 2.05) is 18.2 Å². The van der Waals surface area contributed by atoms with E-state index in [0.29, 0.717) is 19.8 Å². The monoisotopic (exact) mass is 392 g/mol. The Bertz CT molecular complexity index is 761. The maximum Gasteiger partial charge on any atom is 0.223 e. The molecule has 0 aromatic heterocycles. The molecule has 3 fully saturated rings. The second-order valence-corrected chi connectivity index (χ2v) is 10.3. The minimum Gasteiger partial charge on any atom is -0.381 e. The largest absolute Gasteiger partial charge is 0.381 e. The van der Waals surface area contributed by atoms with Crippen molar-refractivity contribution in [2.45, 2.75) is 30.6 Å². The van der Waals surface area contributed by atoms with Gasteiger partial charge in [0, 0.05) is 50.7 Å². The summed E-state index contributed by atoms with van der Waals surface area (Å²) in [5.74, 6) is 0.0524. The Balaban J connectivity index is 1.37. The lowest BCUT2D eigenvalue weighted by Gasteiger charge is -2.25. The lowest BCUT2D eigenvalue weighted by Crippen LogP contribution is -2.45. The molecular formula is C20H28N2O4S. The summed E-state index contributed by atoms with van der Waals surface area (Å²) in [6.45, 7) is 3.41. The molecule has 3 atom stereocenters. The number of rotatable bonds is 5. The van der Waals surface area contributed by atoms with Crippen LogP contribution in [0.25, 0.3) is 0 Å². The smallest absolute Gasteiger partial charge is 0.223 e. The maximum atomic E-state index is 12.6. The van der Waals surface area contributed by atoms with Crippen molar-refractivity contribution in [3.63, 3.8) is 0 Å². The van der Waals surface area contributed by atoms with Gasteiger partial charge in [0.25, 0.3) is 0 Å². The predicted molar refractivity (Wildman–Crippen MR) is 103 cm³/mol. The number of carbonyl (C=O) groups is 1. The van der Waals surface area contributed by atoms with Gasteiger partial charge < -0.3 is 15.0 Å². The summed E-state index contributed by atoms with van der Waals surface area (Å²) in [6.07, 6.45) is 2.37. The van der Waals surface area contributed by atoms with Crippen LogP contribution in [0.5, 0.6) is 0 Å². The van der Waals surface area contributed by atoms with Gasteiger partial charge in [-0.05, 0) is 24.8 Å². The third-order valence-corrected chi connectivity index (χ3v) is 8.50. The van der Waals surface area contributed by atoms with Gasteiger partial charge >= 0.3 is 0 Å². The lowest BCUT2D eigenvalue weighted by atomic mass is 9.96. The van der Waals surface area contributed by atoms with E-state index in [-0.39, 0.29) is 34.8 Å². The summed E-state index contributed by atoms with van der Waals surface area (Å²) in [4.78, 5) is 14.8. The molecule has 3 aliphatic rings. The quantitative estimate of drug-likeness (QED) is 0.805. The summed E-state index contributed by atoms with van der Waals surface area (Å²) >= 11 is 0. The van der Waals surface area contributed by atoms with E-state index in [0.717, 1.165) is 32.4 Å². The fraction of sp³-hybridized carbons (Fsp3) is 0.650. The normalized spacial score (nSPS) is 30.9. The number of likely N-dealkylation sites (tertiary alicyclic amines) is 1. The maximum absolute atomic E-state index is 12.6. The van der Waals surface area contributed by atoms with Crippen LogP contribution >= 0.6 is 0 Å². The minimum atomic E-state index is -3.15. The number of benzene rings is 1. The fourth-order valence-electron chi connectivity index (χ4n) is 4.67. The van der Waals surface area contributed by atoms with Crippen molar-refractivity contribution < 1.29 is 17.9 Å². The topological polar surface area (TPSA) is 75.7 Å². The Morgan fingerprint density at radius 3 is 2.63 bits per heavy atom. The minimum absolute atomic E-state index is 0.00175. The number of hydrogen-bond acceptors (Lipinski definition) is 5. The molecule has 0 spiro atoms. The molecule has 0 unspecified atom stereocenters. The van der Waals surface area contributed by atoms with Crippen molar-refractivity contribution in [2.24, 2.45) is 11.8 Å². The zero-order valence-corrected chi connectivity index (χ0v) is 16.4. The van der Waals surface area contributed by atoms with Crippen LogP contribution in [-0.4, -0.2) is 69.1 Å². The SMILES string of the molecule is O=C(N[C@@H]1CS(=O)(=O)[C@H]2CN(CCc3ccccc3)C[C@@H]12)C1CCOCC1. The van der Waals surface area contributed by atoms with Crippen LogP contribution in [0.4, 0.5) is 0 Å². The summed E-state index contributed by atoms with van der Waals surface area (Å²) in [5.41, 5.74) is 1.27. The molecule has 0 radical (unpaired) electrons. The van der Waals surface area contributed by atoms with Crippen LogP contribution in [0.1, 0.15) is 18.4 Å². The molecule has 6 nitrogen and oxygen atoms in total. The van der Waals surface area contributed by atoms with Gasteiger partial charge in [-0.3, -0.25) is 4.79 Å². The third kappa shape index (κ3) is 4.20. The number of fused-ring (bicyclic) bond motifs is 1. The second-order valence-electron chi connectivity index (χ2n) is 8.03. The number of hydrogen-bond donors (Lipinski definition) is 1. The van der Waals surface area contributed by atoms with Crippen molar-refractivity contribution in [2.75, 3.05) is 38.6 Å². The van der Waals surface area contributed by atoms with Crippen LogP contribution in [0.3, 0.4) is 0 Å². The van der Waals surface area contributed by atoms with Crippen LogP contribution in [0, 0.1) is 11.8 Å². The molecule has 0 bridgehead atoms. The molecule has 148 valence electrons. The van der Waals surface area contributed by atoms with E-state index in [4.69, 9.17) is 4.74 Å². The van der Waals surface area contributed by atoms with Crippen LogP contribution in [-0.2, 0) is 25.8 Å². The van der Waals surface area contributed by atoms with Crippen molar-refractivity contribution >= 4 is 15.7 Å². The summed E-state index contributed by atoms with van der Waals surface area (Å²) < 4.78 is 30.6. The summed E-state index contributed by atoms with van der Waals surface area (Å²) in [6, 6.07) is 10.0. The third-order valence-electron chi connectivity index (χ3n) is 6.25. The van der Waals surface area contributed by atoms with E-state index in [9.17, 15) is 13.2 Å². The van der Waals surface area contributed by atoms with Crippen molar-refractivity contribution in [1.29, 1.82) is 0 Å².